The van der Waals surface area contributed by atoms with Gasteiger partial charge >= 0.3 is 0 Å². The summed E-state index contributed by atoms with van der Waals surface area (Å²) in [6, 6.07) is 1.66. The van der Waals surface area contributed by atoms with Crippen LogP contribution in [0.1, 0.15) is 22.6 Å². The summed E-state index contributed by atoms with van der Waals surface area (Å²) in [5, 5.41) is 5.09. The lowest BCUT2D eigenvalue weighted by Gasteiger charge is -2.16. The molecule has 0 saturated carbocycles. The average Bonchev–Trinajstić information content (AvgIpc) is 3.02. The molecule has 1 amide bonds. The molecule has 9 heteroatoms. The molecule has 0 bridgehead atoms. The molecule has 1 aliphatic heterocycles. The number of rotatable bonds is 3. The van der Waals surface area contributed by atoms with Crippen molar-refractivity contribution in [3.8, 4) is 0 Å². The number of nitrogens with two attached hydrogens (primary N) is 1. The zero-order valence-corrected chi connectivity index (χ0v) is 13.9. The zero-order valence-electron chi connectivity index (χ0n) is 13.1. The zero-order chi connectivity index (χ0) is 16.8. The van der Waals surface area contributed by atoms with Crippen molar-refractivity contribution in [3.63, 3.8) is 0 Å². The van der Waals surface area contributed by atoms with Gasteiger partial charge in [0.2, 0.25) is 10.0 Å². The first-order valence-corrected chi connectivity index (χ1v) is 9.05. The molecule has 1 unspecified atom stereocenters. The molecular formula is C14H19N5O3S. The summed E-state index contributed by atoms with van der Waals surface area (Å²) in [6.07, 6.45) is 2.23. The van der Waals surface area contributed by atoms with Crippen LogP contribution in [-0.4, -0.2) is 52.6 Å². The molecular weight excluding hydrogens is 318 g/mol. The van der Waals surface area contributed by atoms with Gasteiger partial charge in [0.25, 0.3) is 5.91 Å². The Morgan fingerprint density at radius 2 is 2.22 bits per heavy atom. The number of carbonyl (C=O) groups excluding carboxylic acids is 1. The van der Waals surface area contributed by atoms with Gasteiger partial charge in [0.05, 0.1) is 11.3 Å². The Kier molecular flexibility index (Phi) is 3.85. The number of likely N-dealkylation sites (tertiary alicyclic amines) is 1. The Bertz CT molecular complexity index is 874. The van der Waals surface area contributed by atoms with Gasteiger partial charge in [-0.25, -0.2) is 23.5 Å². The summed E-state index contributed by atoms with van der Waals surface area (Å²) in [6.45, 7) is 2.77. The Morgan fingerprint density at radius 1 is 1.48 bits per heavy atom. The number of primary sulfonamides is 1. The predicted molar refractivity (Wildman–Crippen MR) is 85.2 cm³/mol. The minimum atomic E-state index is -3.52. The van der Waals surface area contributed by atoms with Crippen LogP contribution in [0.25, 0.3) is 11.2 Å². The van der Waals surface area contributed by atoms with Crippen molar-refractivity contribution in [2.24, 2.45) is 18.1 Å². The fourth-order valence-electron chi connectivity index (χ4n) is 3.01. The quantitative estimate of drug-likeness (QED) is 0.849. The van der Waals surface area contributed by atoms with Crippen LogP contribution in [0.3, 0.4) is 0 Å². The first kappa shape index (κ1) is 15.9. The number of fused-ring (bicyclic) bond motifs is 1. The van der Waals surface area contributed by atoms with Crippen molar-refractivity contribution in [3.05, 3.63) is 23.7 Å². The van der Waals surface area contributed by atoms with E-state index < -0.39 is 10.0 Å². The van der Waals surface area contributed by atoms with E-state index in [0.717, 1.165) is 5.82 Å². The molecule has 0 spiro atoms. The predicted octanol–water partition coefficient (Wildman–Crippen LogP) is 0.0273. The van der Waals surface area contributed by atoms with E-state index in [-0.39, 0.29) is 17.6 Å². The van der Waals surface area contributed by atoms with Crippen LogP contribution in [0.15, 0.2) is 12.3 Å². The van der Waals surface area contributed by atoms with Gasteiger partial charge in [0.1, 0.15) is 11.3 Å². The number of aromatic nitrogens is 3. The fraction of sp³-hybridized carbons (Fsp3) is 0.500. The molecule has 8 nitrogen and oxygen atoms in total. The van der Waals surface area contributed by atoms with Crippen molar-refractivity contribution in [1.29, 1.82) is 0 Å². The standard InChI is InChI=1S/C14H19N5O3S/c1-9-17-12-11(3-5-16-13(12)18(9)2)14(20)19-6-4-10(7-19)8-23(15,21)22/h3,5,10H,4,6-8H2,1-2H3,(H2,15,21,22). The highest BCUT2D eigenvalue weighted by Crippen LogP contribution is 2.23. The highest BCUT2D eigenvalue weighted by molar-refractivity contribution is 7.89. The molecule has 2 N–H and O–H groups in total. The van der Waals surface area contributed by atoms with Gasteiger partial charge in [0.15, 0.2) is 5.65 Å². The van der Waals surface area contributed by atoms with E-state index in [9.17, 15) is 13.2 Å². The molecule has 0 aliphatic carbocycles. The van der Waals surface area contributed by atoms with Gasteiger partial charge in [-0.05, 0) is 25.3 Å². The van der Waals surface area contributed by atoms with Crippen LogP contribution < -0.4 is 5.14 Å². The Morgan fingerprint density at radius 3 is 2.91 bits per heavy atom. The number of aryl methyl sites for hydroxylation is 2. The second-order valence-electron chi connectivity index (χ2n) is 5.98. The van der Waals surface area contributed by atoms with Gasteiger partial charge in [-0.3, -0.25) is 4.79 Å². The number of nitrogens with zero attached hydrogens (tertiary/aromatic N) is 4. The normalized spacial score (nSPS) is 18.7. The van der Waals surface area contributed by atoms with E-state index in [1.165, 1.54) is 0 Å². The maximum absolute atomic E-state index is 12.8. The third kappa shape index (κ3) is 3.06. The number of carbonyl (C=O) groups is 1. The van der Waals surface area contributed by atoms with Crippen molar-refractivity contribution < 1.29 is 13.2 Å². The molecule has 0 aromatic carbocycles. The molecule has 1 atom stereocenters. The van der Waals surface area contributed by atoms with E-state index >= 15 is 0 Å². The number of hydrogen-bond acceptors (Lipinski definition) is 5. The fourth-order valence-corrected chi connectivity index (χ4v) is 3.94. The second kappa shape index (κ2) is 5.57. The number of hydrogen-bond donors (Lipinski definition) is 1. The summed E-state index contributed by atoms with van der Waals surface area (Å²) in [7, 11) is -1.67. The Balaban J connectivity index is 1.86. The molecule has 23 heavy (non-hydrogen) atoms. The smallest absolute Gasteiger partial charge is 0.256 e. The van der Waals surface area contributed by atoms with Crippen molar-refractivity contribution in [2.45, 2.75) is 13.3 Å². The first-order chi connectivity index (χ1) is 10.8. The molecule has 2 aromatic heterocycles. The van der Waals surface area contributed by atoms with Gasteiger partial charge in [-0.15, -0.1) is 0 Å². The average molecular weight is 337 g/mol. The minimum Gasteiger partial charge on any atom is -0.338 e. The molecule has 1 fully saturated rings. The molecule has 0 radical (unpaired) electrons. The van der Waals surface area contributed by atoms with Gasteiger partial charge in [-0.2, -0.15) is 0 Å². The lowest BCUT2D eigenvalue weighted by Crippen LogP contribution is -2.31. The van der Waals surface area contributed by atoms with E-state index in [1.54, 1.807) is 17.2 Å². The highest BCUT2D eigenvalue weighted by atomic mass is 32.2. The minimum absolute atomic E-state index is 0.0920. The largest absolute Gasteiger partial charge is 0.338 e. The SMILES string of the molecule is Cc1nc2c(C(=O)N3CCC(CS(N)(=O)=O)C3)ccnc2n1C. The van der Waals surface area contributed by atoms with Crippen molar-refractivity contribution in [1.82, 2.24) is 19.4 Å². The summed E-state index contributed by atoms with van der Waals surface area (Å²) in [5.41, 5.74) is 1.73. The molecule has 3 rings (SSSR count). The van der Waals surface area contributed by atoms with Gasteiger partial charge in [0, 0.05) is 26.3 Å². The number of pyridine rings is 1. The molecule has 1 saturated heterocycles. The van der Waals surface area contributed by atoms with E-state index in [2.05, 4.69) is 9.97 Å². The third-order valence-electron chi connectivity index (χ3n) is 4.25. The maximum atomic E-state index is 12.8. The summed E-state index contributed by atoms with van der Waals surface area (Å²) in [4.78, 5) is 23.1. The highest BCUT2D eigenvalue weighted by Gasteiger charge is 2.30. The summed E-state index contributed by atoms with van der Waals surface area (Å²) < 4.78 is 24.2. The molecule has 124 valence electrons. The maximum Gasteiger partial charge on any atom is 0.256 e. The summed E-state index contributed by atoms with van der Waals surface area (Å²) >= 11 is 0. The van der Waals surface area contributed by atoms with Crippen LogP contribution in [0, 0.1) is 12.8 Å². The van der Waals surface area contributed by atoms with E-state index in [0.29, 0.717) is 36.2 Å². The van der Waals surface area contributed by atoms with Crippen LogP contribution in [0.2, 0.25) is 0 Å². The van der Waals surface area contributed by atoms with Crippen molar-refractivity contribution >= 4 is 27.1 Å². The van der Waals surface area contributed by atoms with Gasteiger partial charge in [-0.1, -0.05) is 0 Å². The van der Waals surface area contributed by atoms with Crippen LogP contribution in [-0.2, 0) is 17.1 Å². The number of amides is 1. The lowest BCUT2D eigenvalue weighted by molar-refractivity contribution is 0.0790. The van der Waals surface area contributed by atoms with Gasteiger partial charge < -0.3 is 9.47 Å². The van der Waals surface area contributed by atoms with Crippen LogP contribution in [0.5, 0.6) is 0 Å². The van der Waals surface area contributed by atoms with E-state index in [1.807, 2.05) is 18.5 Å². The van der Waals surface area contributed by atoms with Crippen molar-refractivity contribution in [2.75, 3.05) is 18.8 Å². The van der Waals surface area contributed by atoms with E-state index in [4.69, 9.17) is 5.14 Å². The molecule has 3 heterocycles. The summed E-state index contributed by atoms with van der Waals surface area (Å²) in [5.74, 6) is 0.427. The molecule has 1 aliphatic rings. The second-order valence-corrected chi connectivity index (χ2v) is 7.64. The Hall–Kier alpha value is -2.00. The number of imidazole rings is 1. The first-order valence-electron chi connectivity index (χ1n) is 7.34. The monoisotopic (exact) mass is 337 g/mol. The Labute approximate surface area is 134 Å². The van der Waals surface area contributed by atoms with Crippen LogP contribution in [0.4, 0.5) is 0 Å². The molecule has 2 aromatic rings. The topological polar surface area (TPSA) is 111 Å². The third-order valence-corrected chi connectivity index (χ3v) is 5.19. The lowest BCUT2D eigenvalue weighted by atomic mass is 10.1. The number of sulfonamides is 1. The van der Waals surface area contributed by atoms with Crippen LogP contribution >= 0.6 is 0 Å².